The largest absolute Gasteiger partial charge is 0.197 e. The zero-order valence-corrected chi connectivity index (χ0v) is 8.96. The monoisotopic (exact) mass is 190 g/mol. The molecule has 0 spiro atoms. The predicted octanol–water partition coefficient (Wildman–Crippen LogP) is 3.57. The maximum atomic E-state index is 2.22. The molecule has 2 aromatic carbocycles. The maximum absolute atomic E-state index is 2.22. The summed E-state index contributed by atoms with van der Waals surface area (Å²) in [5.74, 6) is 0. The van der Waals surface area contributed by atoms with Crippen molar-refractivity contribution in [2.45, 2.75) is 13.8 Å². The van der Waals surface area contributed by atoms with Gasteiger partial charge in [0.25, 0.3) is 0 Å². The summed E-state index contributed by atoms with van der Waals surface area (Å²) in [6, 6.07) is 13.1. The zero-order valence-electron chi connectivity index (χ0n) is 7.96. The van der Waals surface area contributed by atoms with Gasteiger partial charge in [-0.25, -0.2) is 0 Å². The Balaban J connectivity index is 0.000000845. The van der Waals surface area contributed by atoms with Crippen LogP contribution in [0.1, 0.15) is 11.1 Å². The fourth-order valence-corrected chi connectivity index (χ4v) is 1.48. The highest BCUT2D eigenvalue weighted by Gasteiger charge is 1.92. The van der Waals surface area contributed by atoms with Crippen molar-refractivity contribution >= 4 is 24.3 Å². The van der Waals surface area contributed by atoms with Crippen molar-refractivity contribution in [1.29, 1.82) is 0 Å². The Morgan fingerprint density at radius 1 is 0.692 bits per heavy atom. The van der Waals surface area contributed by atoms with E-state index in [9.17, 15) is 0 Å². The summed E-state index contributed by atoms with van der Waals surface area (Å²) >= 11 is 0. The summed E-state index contributed by atoms with van der Waals surface area (Å²) < 4.78 is 0. The van der Waals surface area contributed by atoms with Gasteiger partial charge in [0.05, 0.1) is 0 Å². The van der Waals surface area contributed by atoms with Crippen molar-refractivity contribution in [3.05, 3.63) is 47.5 Å². The highest BCUT2D eigenvalue weighted by Crippen LogP contribution is 2.16. The van der Waals surface area contributed by atoms with Crippen LogP contribution >= 0.6 is 13.5 Å². The molecular formula is C12H14S. The molecular weight excluding hydrogens is 176 g/mol. The van der Waals surface area contributed by atoms with Gasteiger partial charge in [0.15, 0.2) is 0 Å². The van der Waals surface area contributed by atoms with E-state index in [0.717, 1.165) is 0 Å². The molecule has 0 atom stereocenters. The molecule has 0 aliphatic carbocycles. The first-order chi connectivity index (χ1) is 5.75. The van der Waals surface area contributed by atoms with E-state index in [1.807, 2.05) is 0 Å². The van der Waals surface area contributed by atoms with Gasteiger partial charge in [-0.15, -0.1) is 0 Å². The Labute approximate surface area is 86.0 Å². The Kier molecular flexibility index (Phi) is 2.99. The molecule has 0 saturated carbocycles. The van der Waals surface area contributed by atoms with E-state index in [2.05, 4.69) is 50.2 Å². The fraction of sp³-hybridized carbons (Fsp3) is 0.167. The number of aryl methyl sites for hydroxylation is 2. The molecule has 0 unspecified atom stereocenters. The van der Waals surface area contributed by atoms with E-state index in [4.69, 9.17) is 0 Å². The average molecular weight is 190 g/mol. The molecule has 0 nitrogen and oxygen atoms in total. The Hall–Kier alpha value is -0.950. The standard InChI is InChI=1S/C12H12.H2S/c1-9-3-5-12-8-10(2)4-6-11(12)7-9;/h3-8H,1-2H3;1H2. The number of hydrogen-bond donors (Lipinski definition) is 0. The molecule has 68 valence electrons. The molecule has 0 bridgehead atoms. The van der Waals surface area contributed by atoms with Crippen molar-refractivity contribution in [3.63, 3.8) is 0 Å². The van der Waals surface area contributed by atoms with E-state index in [1.165, 1.54) is 21.9 Å². The van der Waals surface area contributed by atoms with Crippen LogP contribution in [0.2, 0.25) is 0 Å². The minimum atomic E-state index is 0. The molecule has 0 aliphatic heterocycles. The van der Waals surface area contributed by atoms with Crippen molar-refractivity contribution in [2.24, 2.45) is 0 Å². The summed E-state index contributed by atoms with van der Waals surface area (Å²) in [5.41, 5.74) is 2.65. The second-order valence-corrected chi connectivity index (χ2v) is 3.35. The first-order valence-corrected chi connectivity index (χ1v) is 4.23. The third kappa shape index (κ3) is 2.04. The lowest BCUT2D eigenvalue weighted by Gasteiger charge is -1.99. The summed E-state index contributed by atoms with van der Waals surface area (Å²) in [6.07, 6.45) is 0. The van der Waals surface area contributed by atoms with Gasteiger partial charge in [-0.3, -0.25) is 0 Å². The Bertz CT molecular complexity index is 377. The molecule has 2 rings (SSSR count). The molecule has 0 aromatic heterocycles. The maximum Gasteiger partial charge on any atom is -0.0181 e. The van der Waals surface area contributed by atoms with Crippen LogP contribution in [0, 0.1) is 13.8 Å². The Morgan fingerprint density at radius 3 is 1.46 bits per heavy atom. The van der Waals surface area contributed by atoms with E-state index < -0.39 is 0 Å². The van der Waals surface area contributed by atoms with Crippen molar-refractivity contribution in [3.8, 4) is 0 Å². The van der Waals surface area contributed by atoms with Gasteiger partial charge in [0.1, 0.15) is 0 Å². The van der Waals surface area contributed by atoms with Gasteiger partial charge in [0, 0.05) is 0 Å². The lowest BCUT2D eigenvalue weighted by molar-refractivity contribution is 1.47. The first-order valence-electron chi connectivity index (χ1n) is 4.23. The van der Waals surface area contributed by atoms with E-state index >= 15 is 0 Å². The molecule has 13 heavy (non-hydrogen) atoms. The van der Waals surface area contributed by atoms with Crippen LogP contribution in [0.4, 0.5) is 0 Å². The number of benzene rings is 2. The number of rotatable bonds is 0. The quantitative estimate of drug-likeness (QED) is 0.596. The number of fused-ring (bicyclic) bond motifs is 1. The van der Waals surface area contributed by atoms with Crippen molar-refractivity contribution in [2.75, 3.05) is 0 Å². The number of hydrogen-bond acceptors (Lipinski definition) is 0. The highest BCUT2D eigenvalue weighted by molar-refractivity contribution is 7.59. The summed E-state index contributed by atoms with van der Waals surface area (Å²) in [7, 11) is 0. The molecule has 0 saturated heterocycles. The average Bonchev–Trinajstić information content (AvgIpc) is 2.05. The highest BCUT2D eigenvalue weighted by atomic mass is 32.1. The third-order valence-electron chi connectivity index (χ3n) is 2.15. The summed E-state index contributed by atoms with van der Waals surface area (Å²) in [6.45, 7) is 4.25. The van der Waals surface area contributed by atoms with Gasteiger partial charge < -0.3 is 0 Å². The normalized spacial score (nSPS) is 9.69. The van der Waals surface area contributed by atoms with Gasteiger partial charge in [0.2, 0.25) is 0 Å². The topological polar surface area (TPSA) is 0 Å². The molecule has 0 radical (unpaired) electrons. The van der Waals surface area contributed by atoms with Crippen molar-refractivity contribution < 1.29 is 0 Å². The first kappa shape index (κ1) is 10.1. The minimum Gasteiger partial charge on any atom is -0.197 e. The van der Waals surface area contributed by atoms with Gasteiger partial charge in [-0.2, -0.15) is 13.5 Å². The van der Waals surface area contributed by atoms with E-state index in [1.54, 1.807) is 0 Å². The molecule has 0 amide bonds. The molecule has 2 aromatic rings. The fourth-order valence-electron chi connectivity index (χ4n) is 1.48. The second-order valence-electron chi connectivity index (χ2n) is 3.35. The van der Waals surface area contributed by atoms with E-state index in [-0.39, 0.29) is 13.5 Å². The lowest BCUT2D eigenvalue weighted by Crippen LogP contribution is -1.76. The zero-order chi connectivity index (χ0) is 8.55. The molecule has 1 heteroatoms. The van der Waals surface area contributed by atoms with Crippen LogP contribution in [0.5, 0.6) is 0 Å². The SMILES string of the molecule is Cc1ccc2cc(C)ccc2c1.S. The Morgan fingerprint density at radius 2 is 1.08 bits per heavy atom. The summed E-state index contributed by atoms with van der Waals surface area (Å²) in [4.78, 5) is 0. The lowest BCUT2D eigenvalue weighted by atomic mass is 10.1. The summed E-state index contributed by atoms with van der Waals surface area (Å²) in [5, 5.41) is 2.67. The van der Waals surface area contributed by atoms with Crippen LogP contribution in [0.25, 0.3) is 10.8 Å². The molecule has 0 fully saturated rings. The third-order valence-corrected chi connectivity index (χ3v) is 2.15. The second kappa shape index (κ2) is 3.84. The van der Waals surface area contributed by atoms with Gasteiger partial charge in [-0.05, 0) is 24.6 Å². The van der Waals surface area contributed by atoms with Crippen LogP contribution in [0.3, 0.4) is 0 Å². The van der Waals surface area contributed by atoms with Crippen molar-refractivity contribution in [1.82, 2.24) is 0 Å². The minimum absolute atomic E-state index is 0. The van der Waals surface area contributed by atoms with Gasteiger partial charge >= 0.3 is 0 Å². The molecule has 0 aliphatic rings. The molecule has 0 N–H and O–H groups in total. The smallest absolute Gasteiger partial charge is 0.0181 e. The van der Waals surface area contributed by atoms with E-state index in [0.29, 0.717) is 0 Å². The predicted molar refractivity (Wildman–Crippen MR) is 63.8 cm³/mol. The van der Waals surface area contributed by atoms with Crippen LogP contribution in [-0.2, 0) is 0 Å². The van der Waals surface area contributed by atoms with Gasteiger partial charge in [-0.1, -0.05) is 47.5 Å². The van der Waals surface area contributed by atoms with Crippen LogP contribution < -0.4 is 0 Å². The van der Waals surface area contributed by atoms with Crippen LogP contribution in [0.15, 0.2) is 36.4 Å². The molecule has 0 heterocycles. The van der Waals surface area contributed by atoms with Crippen LogP contribution in [-0.4, -0.2) is 0 Å².